The van der Waals surface area contributed by atoms with Crippen molar-refractivity contribution < 1.29 is 19.1 Å². The van der Waals surface area contributed by atoms with E-state index < -0.39 is 29.8 Å². The molecule has 0 radical (unpaired) electrons. The molecule has 0 aromatic heterocycles. The van der Waals surface area contributed by atoms with Crippen LogP contribution in [0.1, 0.15) is 22.8 Å². The first-order valence-electron chi connectivity index (χ1n) is 8.01. The Bertz CT molecular complexity index is 722. The first-order valence-corrected chi connectivity index (χ1v) is 8.01. The summed E-state index contributed by atoms with van der Waals surface area (Å²) in [5, 5.41) is 15.2. The third kappa shape index (κ3) is 6.00. The van der Waals surface area contributed by atoms with Crippen LogP contribution in [0.2, 0.25) is 0 Å². The summed E-state index contributed by atoms with van der Waals surface area (Å²) in [5.41, 5.74) is 1.11. The summed E-state index contributed by atoms with van der Waals surface area (Å²) in [5.74, 6) is -1.48. The molecule has 0 bridgehead atoms. The third-order valence-corrected chi connectivity index (χ3v) is 3.75. The number of hydrogen-bond donors (Lipinski definition) is 3. The van der Waals surface area contributed by atoms with Crippen molar-refractivity contribution in [2.45, 2.75) is 25.5 Å². The van der Waals surface area contributed by atoms with Crippen LogP contribution >= 0.6 is 0 Å². The Morgan fingerprint density at radius 3 is 2.52 bits per heavy atom. The van der Waals surface area contributed by atoms with E-state index in [0.29, 0.717) is 6.42 Å². The minimum Gasteiger partial charge on any atom is -0.391 e. The van der Waals surface area contributed by atoms with E-state index in [2.05, 4.69) is 10.6 Å². The second-order valence-electron chi connectivity index (χ2n) is 5.81. The van der Waals surface area contributed by atoms with Crippen molar-refractivity contribution in [3.05, 3.63) is 71.5 Å². The van der Waals surface area contributed by atoms with Gasteiger partial charge in [-0.1, -0.05) is 36.4 Å². The molecule has 0 saturated carbocycles. The van der Waals surface area contributed by atoms with Crippen LogP contribution in [0, 0.1) is 5.82 Å². The maximum Gasteiger partial charge on any atom is 0.251 e. The molecule has 0 aliphatic rings. The summed E-state index contributed by atoms with van der Waals surface area (Å²) in [6.45, 7) is 1.44. The Morgan fingerprint density at radius 2 is 1.84 bits per heavy atom. The van der Waals surface area contributed by atoms with Gasteiger partial charge in [-0.05, 0) is 30.7 Å². The number of benzene rings is 2. The fourth-order valence-corrected chi connectivity index (χ4v) is 2.33. The fraction of sp³-hybridized carbons (Fsp3) is 0.263. The average molecular weight is 344 g/mol. The van der Waals surface area contributed by atoms with E-state index in [1.54, 1.807) is 6.92 Å². The third-order valence-electron chi connectivity index (χ3n) is 3.75. The summed E-state index contributed by atoms with van der Waals surface area (Å²) < 4.78 is 13.1. The van der Waals surface area contributed by atoms with Gasteiger partial charge >= 0.3 is 0 Å². The second kappa shape index (κ2) is 8.94. The zero-order valence-electron chi connectivity index (χ0n) is 13.9. The molecule has 2 aromatic rings. The first-order chi connectivity index (χ1) is 12.0. The number of carbonyl (C=O) groups excluding carboxylic acids is 2. The lowest BCUT2D eigenvalue weighted by Gasteiger charge is -2.20. The molecular weight excluding hydrogens is 323 g/mol. The van der Waals surface area contributed by atoms with Gasteiger partial charge in [-0.15, -0.1) is 0 Å². The molecular formula is C19H21FN2O3. The number of aliphatic hydroxyl groups is 1. The predicted molar refractivity (Wildman–Crippen MR) is 92.5 cm³/mol. The largest absolute Gasteiger partial charge is 0.391 e. The molecule has 0 heterocycles. The highest BCUT2D eigenvalue weighted by Gasteiger charge is 2.17. The van der Waals surface area contributed by atoms with Crippen LogP contribution in [-0.4, -0.2) is 35.6 Å². The number of rotatable bonds is 7. The van der Waals surface area contributed by atoms with Crippen molar-refractivity contribution in [1.29, 1.82) is 0 Å². The van der Waals surface area contributed by atoms with Crippen molar-refractivity contribution in [2.24, 2.45) is 0 Å². The van der Waals surface area contributed by atoms with Gasteiger partial charge in [0.15, 0.2) is 0 Å². The molecule has 0 saturated heterocycles. The van der Waals surface area contributed by atoms with Crippen LogP contribution in [0.4, 0.5) is 4.39 Å². The number of carbonyl (C=O) groups is 2. The van der Waals surface area contributed by atoms with Crippen molar-refractivity contribution in [3.8, 4) is 0 Å². The van der Waals surface area contributed by atoms with Gasteiger partial charge < -0.3 is 15.7 Å². The average Bonchev–Trinajstić information content (AvgIpc) is 2.60. The lowest BCUT2D eigenvalue weighted by atomic mass is 10.0. The molecule has 25 heavy (non-hydrogen) atoms. The van der Waals surface area contributed by atoms with Gasteiger partial charge in [0.25, 0.3) is 5.91 Å². The van der Waals surface area contributed by atoms with Crippen LogP contribution in [-0.2, 0) is 11.2 Å². The smallest absolute Gasteiger partial charge is 0.251 e. The van der Waals surface area contributed by atoms with Gasteiger partial charge in [0.05, 0.1) is 18.7 Å². The lowest BCUT2D eigenvalue weighted by Crippen LogP contribution is -2.46. The first kappa shape index (κ1) is 18.6. The Labute approximate surface area is 145 Å². The molecule has 0 aliphatic heterocycles. The lowest BCUT2D eigenvalue weighted by molar-refractivity contribution is -0.121. The van der Waals surface area contributed by atoms with Gasteiger partial charge in [-0.3, -0.25) is 9.59 Å². The molecule has 6 heteroatoms. The van der Waals surface area contributed by atoms with Crippen LogP contribution in [0.25, 0.3) is 0 Å². The molecule has 3 N–H and O–H groups in total. The Hall–Kier alpha value is -2.73. The minimum atomic E-state index is -0.745. The van der Waals surface area contributed by atoms with E-state index >= 15 is 0 Å². The Balaban J connectivity index is 1.78. The molecule has 2 aromatic carbocycles. The topological polar surface area (TPSA) is 78.4 Å². The molecule has 0 spiro atoms. The number of aliphatic hydroxyl groups excluding tert-OH is 1. The zero-order valence-corrected chi connectivity index (χ0v) is 13.9. The molecule has 0 fully saturated rings. The zero-order chi connectivity index (χ0) is 18.2. The Morgan fingerprint density at radius 1 is 1.12 bits per heavy atom. The quantitative estimate of drug-likeness (QED) is 0.715. The number of halogens is 1. The monoisotopic (exact) mass is 344 g/mol. The van der Waals surface area contributed by atoms with Crippen molar-refractivity contribution in [3.63, 3.8) is 0 Å². The standard InChI is InChI=1S/C19H21FN2O3/c1-13(17(23)10-14-6-3-2-4-7-14)22-18(24)12-21-19(25)15-8-5-9-16(20)11-15/h2-9,11,13,17,23H,10,12H2,1H3,(H,21,25)(H,22,24). The Kier molecular flexibility index (Phi) is 6.65. The second-order valence-corrected chi connectivity index (χ2v) is 5.81. The summed E-state index contributed by atoms with van der Waals surface area (Å²) in [4.78, 5) is 23.8. The predicted octanol–water partition coefficient (Wildman–Crippen LogP) is 1.66. The molecule has 2 amide bonds. The molecule has 5 nitrogen and oxygen atoms in total. The van der Waals surface area contributed by atoms with Crippen LogP contribution in [0.3, 0.4) is 0 Å². The van der Waals surface area contributed by atoms with Gasteiger partial charge in [0.2, 0.25) is 5.91 Å². The molecule has 132 valence electrons. The van der Waals surface area contributed by atoms with E-state index in [1.807, 2.05) is 30.3 Å². The normalized spacial score (nSPS) is 12.9. The fourth-order valence-electron chi connectivity index (χ4n) is 2.33. The maximum atomic E-state index is 13.1. The molecule has 2 rings (SSSR count). The molecule has 0 aliphatic carbocycles. The van der Waals surface area contributed by atoms with Gasteiger partial charge in [-0.2, -0.15) is 0 Å². The highest BCUT2D eigenvalue weighted by Crippen LogP contribution is 2.06. The highest BCUT2D eigenvalue weighted by molar-refractivity contribution is 5.96. The SMILES string of the molecule is CC(NC(=O)CNC(=O)c1cccc(F)c1)C(O)Cc1ccccc1. The van der Waals surface area contributed by atoms with Crippen LogP contribution < -0.4 is 10.6 Å². The summed E-state index contributed by atoms with van der Waals surface area (Å²) in [7, 11) is 0. The van der Waals surface area contributed by atoms with E-state index in [-0.39, 0.29) is 12.1 Å². The number of nitrogens with one attached hydrogen (secondary N) is 2. The van der Waals surface area contributed by atoms with Crippen molar-refractivity contribution >= 4 is 11.8 Å². The van der Waals surface area contributed by atoms with Gasteiger partial charge in [0.1, 0.15) is 5.82 Å². The van der Waals surface area contributed by atoms with Crippen LogP contribution in [0.15, 0.2) is 54.6 Å². The molecule has 2 unspecified atom stereocenters. The summed E-state index contributed by atoms with van der Waals surface area (Å²) in [6, 6.07) is 14.2. The number of amides is 2. The summed E-state index contributed by atoms with van der Waals surface area (Å²) in [6.07, 6.45) is -0.330. The van der Waals surface area contributed by atoms with E-state index in [4.69, 9.17) is 0 Å². The molecule has 2 atom stereocenters. The van der Waals surface area contributed by atoms with Gasteiger partial charge in [-0.25, -0.2) is 4.39 Å². The van der Waals surface area contributed by atoms with Gasteiger partial charge in [0, 0.05) is 12.0 Å². The van der Waals surface area contributed by atoms with Crippen molar-refractivity contribution in [1.82, 2.24) is 10.6 Å². The van der Waals surface area contributed by atoms with Crippen LogP contribution in [0.5, 0.6) is 0 Å². The van der Waals surface area contributed by atoms with Crippen molar-refractivity contribution in [2.75, 3.05) is 6.54 Å². The number of hydrogen-bond acceptors (Lipinski definition) is 3. The highest BCUT2D eigenvalue weighted by atomic mass is 19.1. The van der Waals surface area contributed by atoms with E-state index in [9.17, 15) is 19.1 Å². The minimum absolute atomic E-state index is 0.143. The van der Waals surface area contributed by atoms with E-state index in [1.165, 1.54) is 18.2 Å². The van der Waals surface area contributed by atoms with E-state index in [0.717, 1.165) is 11.6 Å². The summed E-state index contributed by atoms with van der Waals surface area (Å²) >= 11 is 0. The maximum absolute atomic E-state index is 13.1.